The zero-order chi connectivity index (χ0) is 17.3. The highest BCUT2D eigenvalue weighted by Crippen LogP contribution is 2.32. The van der Waals surface area contributed by atoms with Crippen molar-refractivity contribution in [2.45, 2.75) is 24.5 Å². The summed E-state index contributed by atoms with van der Waals surface area (Å²) in [4.78, 5) is 0. The van der Waals surface area contributed by atoms with E-state index in [4.69, 9.17) is 37.5 Å². The first-order chi connectivity index (χ1) is 10.9. The number of oxime groups is 2. The van der Waals surface area contributed by atoms with E-state index in [2.05, 4.69) is 15.4 Å². The predicted molar refractivity (Wildman–Crippen MR) is 74.7 cm³/mol. The van der Waals surface area contributed by atoms with Crippen molar-refractivity contribution < 1.29 is 30.5 Å². The molecule has 128 valence electrons. The number of nitrogens with two attached hydrogens (primary N) is 3. The van der Waals surface area contributed by atoms with E-state index in [0.29, 0.717) is 0 Å². The van der Waals surface area contributed by atoms with Crippen LogP contribution in [0.4, 0.5) is 5.82 Å². The number of nitrogen functional groups attached to an aromatic ring is 1. The van der Waals surface area contributed by atoms with Gasteiger partial charge in [0.05, 0.1) is 12.2 Å². The van der Waals surface area contributed by atoms with Gasteiger partial charge >= 0.3 is 0 Å². The molecule has 1 fully saturated rings. The van der Waals surface area contributed by atoms with E-state index < -0.39 is 42.8 Å². The van der Waals surface area contributed by atoms with Crippen molar-refractivity contribution >= 4 is 17.5 Å². The smallest absolute Gasteiger partial charge is 0.191 e. The number of anilines is 1. The molecule has 2 heterocycles. The molecule has 0 aliphatic carbocycles. The van der Waals surface area contributed by atoms with Gasteiger partial charge in [-0.05, 0) is 0 Å². The van der Waals surface area contributed by atoms with Gasteiger partial charge in [-0.25, -0.2) is 4.68 Å². The van der Waals surface area contributed by atoms with Crippen LogP contribution in [-0.4, -0.2) is 72.1 Å². The Kier molecular flexibility index (Phi) is 4.55. The molecule has 1 aromatic heterocycles. The van der Waals surface area contributed by atoms with Crippen LogP contribution in [0.5, 0.6) is 0 Å². The Bertz CT molecular complexity index is 644. The van der Waals surface area contributed by atoms with Crippen LogP contribution < -0.4 is 17.2 Å². The molecular weight excluding hydrogens is 314 g/mol. The predicted octanol–water partition coefficient (Wildman–Crippen LogP) is -3.73. The number of hydrogen-bond acceptors (Lipinski definition) is 10. The third-order valence-electron chi connectivity index (χ3n) is 3.42. The van der Waals surface area contributed by atoms with E-state index in [-0.39, 0.29) is 17.1 Å². The molecule has 11 N–H and O–H groups in total. The molecule has 2 rings (SSSR count). The second-order valence-corrected chi connectivity index (χ2v) is 4.75. The molecule has 4 atom stereocenters. The molecule has 23 heavy (non-hydrogen) atoms. The molecule has 0 saturated carbocycles. The zero-order valence-electron chi connectivity index (χ0n) is 11.7. The van der Waals surface area contributed by atoms with Gasteiger partial charge in [0.1, 0.15) is 29.8 Å². The number of amidine groups is 2. The largest absolute Gasteiger partial charge is 0.409 e. The lowest BCUT2D eigenvalue weighted by atomic mass is 10.1. The van der Waals surface area contributed by atoms with Gasteiger partial charge in [0, 0.05) is 0 Å². The minimum atomic E-state index is -1.46. The van der Waals surface area contributed by atoms with Crippen molar-refractivity contribution in [3.63, 3.8) is 0 Å². The number of ether oxygens (including phenoxy) is 1. The van der Waals surface area contributed by atoms with Crippen molar-refractivity contribution in [2.24, 2.45) is 21.8 Å². The van der Waals surface area contributed by atoms with Crippen LogP contribution in [0.1, 0.15) is 17.5 Å². The van der Waals surface area contributed by atoms with Crippen molar-refractivity contribution in [3.05, 3.63) is 11.3 Å². The van der Waals surface area contributed by atoms with Gasteiger partial charge in [0.25, 0.3) is 0 Å². The maximum atomic E-state index is 10.0. The first-order valence-electron chi connectivity index (χ1n) is 6.33. The molecule has 1 aromatic rings. The van der Waals surface area contributed by atoms with Crippen LogP contribution in [0.25, 0.3) is 0 Å². The maximum absolute atomic E-state index is 10.0. The third-order valence-corrected chi connectivity index (χ3v) is 3.42. The summed E-state index contributed by atoms with van der Waals surface area (Å²) in [6.45, 7) is -0.546. The van der Waals surface area contributed by atoms with Crippen molar-refractivity contribution in [1.29, 1.82) is 0 Å². The average Bonchev–Trinajstić information content (AvgIpc) is 3.04. The summed E-state index contributed by atoms with van der Waals surface area (Å²) < 4.78 is 6.20. The average molecular weight is 331 g/mol. The molecule has 0 bridgehead atoms. The van der Waals surface area contributed by atoms with Gasteiger partial charge in [0.15, 0.2) is 17.9 Å². The highest BCUT2D eigenvalue weighted by molar-refractivity contribution is 6.11. The molecule has 0 unspecified atom stereocenters. The molecule has 0 aromatic carbocycles. The standard InChI is InChI=1S/C10H17N7O6/c11-7(15-21)3-4(8(12)16-22)14-17(9(3)13)10-6(20)5(19)2(1-18)23-10/h2,5-6,10,18-22H,1,13H2,(H2,11,15)(H2,12,16)/t2-,5-,6-,10-/m1/s1. The zero-order valence-corrected chi connectivity index (χ0v) is 11.7. The van der Waals surface area contributed by atoms with E-state index in [1.54, 1.807) is 0 Å². The minimum absolute atomic E-state index is 0.152. The molecule has 0 spiro atoms. The summed E-state index contributed by atoms with van der Waals surface area (Å²) >= 11 is 0. The van der Waals surface area contributed by atoms with Crippen LogP contribution in [-0.2, 0) is 4.74 Å². The van der Waals surface area contributed by atoms with Gasteiger partial charge in [-0.2, -0.15) is 5.10 Å². The number of nitrogens with zero attached hydrogens (tertiary/aromatic N) is 4. The summed E-state index contributed by atoms with van der Waals surface area (Å²) in [5, 5.41) is 55.9. The summed E-state index contributed by atoms with van der Waals surface area (Å²) in [6, 6.07) is 0. The SMILES string of the molecule is N/C(=N\O)c1nn([C@@H]2O[C@H](CO)[C@@H](O)[C@H]2O)c(N)c1/C(N)=N/O. The van der Waals surface area contributed by atoms with E-state index >= 15 is 0 Å². The number of aliphatic hydroxyl groups is 3. The van der Waals surface area contributed by atoms with Gasteiger partial charge in [-0.15, -0.1) is 0 Å². The lowest BCUT2D eigenvalue weighted by molar-refractivity contribution is -0.0574. The van der Waals surface area contributed by atoms with Gasteiger partial charge in [-0.1, -0.05) is 10.3 Å². The topological polar surface area (TPSA) is 231 Å². The van der Waals surface area contributed by atoms with Gasteiger partial charge in [0.2, 0.25) is 0 Å². The van der Waals surface area contributed by atoms with Gasteiger partial charge < -0.3 is 47.7 Å². The van der Waals surface area contributed by atoms with Crippen LogP contribution in [0.3, 0.4) is 0 Å². The highest BCUT2D eigenvalue weighted by atomic mass is 16.6. The first-order valence-corrected chi connectivity index (χ1v) is 6.33. The fourth-order valence-electron chi connectivity index (χ4n) is 2.25. The normalized spacial score (nSPS) is 29.2. The van der Waals surface area contributed by atoms with Gasteiger partial charge in [-0.3, -0.25) is 0 Å². The number of rotatable bonds is 4. The molecule has 1 aliphatic heterocycles. The molecule has 13 nitrogen and oxygen atoms in total. The Morgan fingerprint density at radius 3 is 2.26 bits per heavy atom. The molecule has 0 radical (unpaired) electrons. The highest BCUT2D eigenvalue weighted by Gasteiger charge is 2.45. The number of hydrogen-bond donors (Lipinski definition) is 8. The van der Waals surface area contributed by atoms with Crippen molar-refractivity contribution in [1.82, 2.24) is 9.78 Å². The lowest BCUT2D eigenvalue weighted by Gasteiger charge is -2.16. The van der Waals surface area contributed by atoms with Crippen molar-refractivity contribution in [3.8, 4) is 0 Å². The lowest BCUT2D eigenvalue weighted by Crippen LogP contribution is -2.33. The summed E-state index contributed by atoms with van der Waals surface area (Å²) in [6.07, 6.45) is -5.17. The summed E-state index contributed by atoms with van der Waals surface area (Å²) in [7, 11) is 0. The second-order valence-electron chi connectivity index (χ2n) is 4.75. The van der Waals surface area contributed by atoms with Crippen LogP contribution >= 0.6 is 0 Å². The van der Waals surface area contributed by atoms with E-state index in [1.165, 1.54) is 0 Å². The fourth-order valence-corrected chi connectivity index (χ4v) is 2.25. The van der Waals surface area contributed by atoms with Crippen LogP contribution in [0, 0.1) is 0 Å². The Balaban J connectivity index is 2.55. The van der Waals surface area contributed by atoms with Crippen LogP contribution in [0.15, 0.2) is 10.3 Å². The maximum Gasteiger partial charge on any atom is 0.191 e. The number of aromatic nitrogens is 2. The van der Waals surface area contributed by atoms with Crippen molar-refractivity contribution in [2.75, 3.05) is 12.3 Å². The number of aliphatic hydroxyl groups excluding tert-OH is 3. The molecule has 0 amide bonds. The molecule has 13 heteroatoms. The molecular formula is C10H17N7O6. The Morgan fingerprint density at radius 2 is 1.78 bits per heavy atom. The first kappa shape index (κ1) is 16.8. The van der Waals surface area contributed by atoms with Crippen LogP contribution in [0.2, 0.25) is 0 Å². The molecule has 1 saturated heterocycles. The third kappa shape index (κ3) is 2.61. The van der Waals surface area contributed by atoms with E-state index in [1.807, 2.05) is 0 Å². The summed E-state index contributed by atoms with van der Waals surface area (Å²) in [5.74, 6) is -1.18. The molecule has 1 aliphatic rings. The minimum Gasteiger partial charge on any atom is -0.409 e. The Labute approximate surface area is 128 Å². The quantitative estimate of drug-likeness (QED) is 0.116. The second kappa shape index (κ2) is 6.25. The van der Waals surface area contributed by atoms with E-state index in [9.17, 15) is 10.2 Å². The Hall–Kier alpha value is -2.61. The monoisotopic (exact) mass is 331 g/mol. The Morgan fingerprint density at radius 1 is 1.17 bits per heavy atom. The fraction of sp³-hybridized carbons (Fsp3) is 0.500. The van der Waals surface area contributed by atoms with E-state index in [0.717, 1.165) is 4.68 Å². The summed E-state index contributed by atoms with van der Waals surface area (Å²) in [5.41, 5.74) is 16.4.